The molecule has 0 atom stereocenters. The summed E-state index contributed by atoms with van der Waals surface area (Å²) >= 11 is 0. The van der Waals surface area contributed by atoms with E-state index in [-0.39, 0.29) is 0 Å². The summed E-state index contributed by atoms with van der Waals surface area (Å²) < 4.78 is 2.40. The van der Waals surface area contributed by atoms with Crippen molar-refractivity contribution in [2.24, 2.45) is 0 Å². The van der Waals surface area contributed by atoms with E-state index in [2.05, 4.69) is 116 Å². The minimum absolute atomic E-state index is 1.12. The van der Waals surface area contributed by atoms with Crippen LogP contribution in [0.1, 0.15) is 102 Å². The number of benzene rings is 2. The van der Waals surface area contributed by atoms with Gasteiger partial charge in [-0.3, -0.25) is 0 Å². The summed E-state index contributed by atoms with van der Waals surface area (Å²) in [7, 11) is 4.45. The molecule has 0 bridgehead atoms. The topological polar surface area (TPSA) is 6.25 Å². The Morgan fingerprint density at radius 3 is 1.77 bits per heavy atom. The fraction of sp³-hybridized carbons (Fsp3) is 0.486. The first-order valence-electron chi connectivity index (χ1n) is 15.7. The maximum Gasteiger partial charge on any atom is 0.199 e. The molecule has 1 aliphatic rings. The molecular formula is C37H53N2+. The summed E-state index contributed by atoms with van der Waals surface area (Å²) in [6, 6.07) is 20.0. The Kier molecular flexibility index (Phi) is 13.9. The highest BCUT2D eigenvalue weighted by Gasteiger charge is 2.14. The fourth-order valence-corrected chi connectivity index (χ4v) is 5.39. The second-order valence-electron chi connectivity index (χ2n) is 11.2. The molecule has 0 amide bonds. The maximum atomic E-state index is 2.40. The summed E-state index contributed by atoms with van der Waals surface area (Å²) in [6.45, 7) is 6.80. The lowest BCUT2D eigenvalue weighted by Crippen LogP contribution is -2.18. The van der Waals surface area contributed by atoms with Crippen molar-refractivity contribution in [2.45, 2.75) is 90.9 Å². The van der Waals surface area contributed by atoms with Gasteiger partial charge in [0, 0.05) is 37.9 Å². The highest BCUT2D eigenvalue weighted by molar-refractivity contribution is 6.04. The number of unbranched alkanes of at least 4 members (excludes halogenated alkanes) is 10. The molecule has 0 radical (unpaired) electrons. The maximum absolute atomic E-state index is 2.40. The number of hydrogen-bond acceptors (Lipinski definition) is 1. The van der Waals surface area contributed by atoms with E-state index in [9.17, 15) is 0 Å². The average Bonchev–Trinajstić information content (AvgIpc) is 2.98. The Balaban J connectivity index is 1.70. The molecule has 2 nitrogen and oxygen atoms in total. The third kappa shape index (κ3) is 10.3. The summed E-state index contributed by atoms with van der Waals surface area (Å²) in [5.41, 5.74) is 7.69. The van der Waals surface area contributed by atoms with Crippen LogP contribution in [0.3, 0.4) is 0 Å². The Morgan fingerprint density at radius 2 is 1.15 bits per heavy atom. The van der Waals surface area contributed by atoms with Crippen molar-refractivity contribution < 1.29 is 4.58 Å². The third-order valence-electron chi connectivity index (χ3n) is 7.95. The number of anilines is 1. The van der Waals surface area contributed by atoms with Crippen molar-refractivity contribution in [3.63, 3.8) is 0 Å². The molecule has 39 heavy (non-hydrogen) atoms. The van der Waals surface area contributed by atoms with Crippen molar-refractivity contribution in [1.29, 1.82) is 0 Å². The summed E-state index contributed by atoms with van der Waals surface area (Å²) in [4.78, 5) is 2.40. The molecule has 0 unspecified atom stereocenters. The van der Waals surface area contributed by atoms with E-state index in [1.54, 1.807) is 0 Å². The van der Waals surface area contributed by atoms with Gasteiger partial charge in [-0.2, -0.15) is 0 Å². The Bertz CT molecular complexity index is 1070. The monoisotopic (exact) mass is 525 g/mol. The molecule has 0 aromatic heterocycles. The minimum atomic E-state index is 1.12. The van der Waals surface area contributed by atoms with Crippen LogP contribution in [-0.4, -0.2) is 37.5 Å². The molecule has 0 saturated heterocycles. The molecule has 0 aliphatic heterocycles. The number of nitrogens with zero attached hydrogens (tertiary/aromatic N) is 2. The number of hydrogen-bond donors (Lipinski definition) is 0. The lowest BCUT2D eigenvalue weighted by molar-refractivity contribution is -0.496. The molecule has 0 N–H and O–H groups in total. The zero-order chi connectivity index (χ0) is 27.7. The van der Waals surface area contributed by atoms with Crippen LogP contribution in [0, 0.1) is 0 Å². The fourth-order valence-electron chi connectivity index (χ4n) is 5.39. The summed E-state index contributed by atoms with van der Waals surface area (Å²) in [5, 5.41) is 0. The van der Waals surface area contributed by atoms with Crippen LogP contribution >= 0.6 is 0 Å². The van der Waals surface area contributed by atoms with Gasteiger partial charge < -0.3 is 4.90 Å². The van der Waals surface area contributed by atoms with Gasteiger partial charge in [0.2, 0.25) is 0 Å². The van der Waals surface area contributed by atoms with E-state index in [1.807, 2.05) is 0 Å². The van der Waals surface area contributed by atoms with Gasteiger partial charge in [-0.15, -0.1) is 0 Å². The van der Waals surface area contributed by atoms with Crippen molar-refractivity contribution >= 4 is 17.0 Å². The molecule has 0 heterocycles. The van der Waals surface area contributed by atoms with Gasteiger partial charge in [-0.25, -0.2) is 4.58 Å². The predicted octanol–water partition coefficient (Wildman–Crippen LogP) is 9.85. The lowest BCUT2D eigenvalue weighted by atomic mass is 9.90. The summed E-state index contributed by atoms with van der Waals surface area (Å²) in [5.74, 6) is 0. The first kappa shape index (κ1) is 30.7. The van der Waals surface area contributed by atoms with E-state index in [1.165, 1.54) is 111 Å². The Hall–Kier alpha value is -2.87. The Labute approximate surface area is 239 Å². The van der Waals surface area contributed by atoms with Crippen molar-refractivity contribution in [3.05, 3.63) is 95.6 Å². The average molecular weight is 526 g/mol. The molecule has 2 heteroatoms. The van der Waals surface area contributed by atoms with Gasteiger partial charge in [0.15, 0.2) is 5.71 Å². The highest BCUT2D eigenvalue weighted by Crippen LogP contribution is 2.31. The van der Waals surface area contributed by atoms with E-state index >= 15 is 0 Å². The second kappa shape index (κ2) is 17.7. The zero-order valence-corrected chi connectivity index (χ0v) is 25.3. The van der Waals surface area contributed by atoms with Crippen LogP contribution in [-0.2, 0) is 0 Å². The van der Waals surface area contributed by atoms with E-state index in [0.29, 0.717) is 0 Å². The van der Waals surface area contributed by atoms with Crippen LogP contribution in [0.15, 0.2) is 84.5 Å². The van der Waals surface area contributed by atoms with Gasteiger partial charge in [-0.05, 0) is 59.4 Å². The molecule has 1 aliphatic carbocycles. The first-order valence-corrected chi connectivity index (χ1v) is 15.7. The smallest absolute Gasteiger partial charge is 0.199 e. The third-order valence-corrected chi connectivity index (χ3v) is 7.95. The summed E-state index contributed by atoms with van der Waals surface area (Å²) in [6.07, 6.45) is 25.2. The predicted molar refractivity (Wildman–Crippen MR) is 173 cm³/mol. The van der Waals surface area contributed by atoms with E-state index in [4.69, 9.17) is 0 Å². The van der Waals surface area contributed by atoms with Crippen molar-refractivity contribution in [2.75, 3.05) is 32.1 Å². The van der Waals surface area contributed by atoms with Crippen LogP contribution in [0.2, 0.25) is 0 Å². The largest absolute Gasteiger partial charge is 0.375 e. The van der Waals surface area contributed by atoms with E-state index in [0.717, 1.165) is 13.1 Å². The number of allylic oxidation sites excluding steroid dienone is 5. The Morgan fingerprint density at radius 1 is 0.615 bits per heavy atom. The van der Waals surface area contributed by atoms with Gasteiger partial charge in [0.1, 0.15) is 13.6 Å². The molecule has 0 fully saturated rings. The standard InChI is InChI=1S/C37H53N2/c1-5-7-9-11-13-18-30-38(3)35-26-22-33(23-27-35)37(32-20-16-15-17-21-32)34-24-28-36(29-25-34)39(4)31-19-14-12-10-8-6-2/h15-17,20-29H,5-14,18-19,30-31H2,1-4H3/q+1. The normalized spacial score (nSPS) is 12.7. The van der Waals surface area contributed by atoms with Crippen molar-refractivity contribution in [1.82, 2.24) is 0 Å². The highest BCUT2D eigenvalue weighted by atomic mass is 15.1. The van der Waals surface area contributed by atoms with Gasteiger partial charge in [0.25, 0.3) is 0 Å². The minimum Gasteiger partial charge on any atom is -0.375 e. The SMILES string of the molecule is CCCCCCCCN(C)c1ccc(C(=C2C=CC(=[N+](C)CCCCCCCC)C=C2)c2ccccc2)cc1. The van der Waals surface area contributed by atoms with E-state index < -0.39 is 0 Å². The van der Waals surface area contributed by atoms with Crippen molar-refractivity contribution in [3.8, 4) is 0 Å². The molecule has 3 rings (SSSR count). The quantitative estimate of drug-likeness (QED) is 0.147. The van der Waals surface area contributed by atoms with Crippen LogP contribution < -0.4 is 4.90 Å². The second-order valence-corrected chi connectivity index (χ2v) is 11.2. The molecule has 0 spiro atoms. The molecular weight excluding hydrogens is 472 g/mol. The first-order chi connectivity index (χ1) is 19.1. The van der Waals surface area contributed by atoms with Crippen LogP contribution in [0.25, 0.3) is 5.57 Å². The van der Waals surface area contributed by atoms with Gasteiger partial charge in [-0.1, -0.05) is 114 Å². The van der Waals surface area contributed by atoms with Crippen LogP contribution in [0.4, 0.5) is 5.69 Å². The lowest BCUT2D eigenvalue weighted by Gasteiger charge is -2.20. The number of rotatable bonds is 17. The molecule has 2 aromatic rings. The molecule has 2 aromatic carbocycles. The van der Waals surface area contributed by atoms with Gasteiger partial charge in [0.05, 0.1) is 0 Å². The zero-order valence-electron chi connectivity index (χ0n) is 25.3. The molecule has 0 saturated carbocycles. The van der Waals surface area contributed by atoms with Crippen LogP contribution in [0.5, 0.6) is 0 Å². The van der Waals surface area contributed by atoms with Gasteiger partial charge >= 0.3 is 0 Å². The molecule has 210 valence electrons.